The van der Waals surface area contributed by atoms with Gasteiger partial charge in [0.2, 0.25) is 0 Å². The van der Waals surface area contributed by atoms with Crippen molar-refractivity contribution in [2.45, 2.75) is 6.61 Å². The molecule has 0 spiro atoms. The van der Waals surface area contributed by atoms with Crippen molar-refractivity contribution < 1.29 is 14.3 Å². The summed E-state index contributed by atoms with van der Waals surface area (Å²) in [6.45, 7) is 0.292. The van der Waals surface area contributed by atoms with Crippen molar-refractivity contribution in [3.05, 3.63) is 92.9 Å². The summed E-state index contributed by atoms with van der Waals surface area (Å²) in [5.74, 6) is -1.17. The molecule has 3 aromatic rings. The minimum atomic E-state index is -0.920. The van der Waals surface area contributed by atoms with Crippen molar-refractivity contribution in [3.63, 3.8) is 0 Å². The van der Waals surface area contributed by atoms with Crippen LogP contribution in [-0.4, -0.2) is 18.0 Å². The van der Waals surface area contributed by atoms with E-state index in [0.29, 0.717) is 38.7 Å². The molecule has 31 heavy (non-hydrogen) atoms. The Morgan fingerprint density at radius 1 is 0.903 bits per heavy atom. The molecule has 3 rings (SSSR count). The second kappa shape index (κ2) is 10.8. The second-order valence-electron chi connectivity index (χ2n) is 6.23. The minimum Gasteiger partial charge on any atom is -0.489 e. The SMILES string of the molecule is O=C(N/N=C\c1ccc(OCc2ccc(Cl)cc2Cl)cc1)C(=O)Nc1ccccc1Cl. The van der Waals surface area contributed by atoms with Crippen molar-refractivity contribution in [3.8, 4) is 5.75 Å². The van der Waals surface area contributed by atoms with Crippen molar-refractivity contribution in [2.24, 2.45) is 5.10 Å². The molecule has 0 bridgehead atoms. The Morgan fingerprint density at radius 3 is 2.35 bits per heavy atom. The van der Waals surface area contributed by atoms with Crippen LogP contribution >= 0.6 is 34.8 Å². The standard InChI is InChI=1S/C22H16Cl3N3O3/c23-16-8-7-15(19(25)11-16)13-31-17-9-5-14(6-10-17)12-26-28-22(30)21(29)27-20-4-2-1-3-18(20)24/h1-12H,13H2,(H,27,29)(H,28,30)/b26-12-. The summed E-state index contributed by atoms with van der Waals surface area (Å²) in [6.07, 6.45) is 1.40. The maximum Gasteiger partial charge on any atom is 0.329 e. The number of carbonyl (C=O) groups excluding carboxylic acids is 2. The van der Waals surface area contributed by atoms with Crippen LogP contribution in [0.15, 0.2) is 71.8 Å². The van der Waals surface area contributed by atoms with Crippen molar-refractivity contribution >= 4 is 58.5 Å². The minimum absolute atomic E-state index is 0.292. The molecule has 0 aliphatic rings. The highest BCUT2D eigenvalue weighted by Gasteiger charge is 2.14. The van der Waals surface area contributed by atoms with Crippen LogP contribution in [0.25, 0.3) is 0 Å². The number of benzene rings is 3. The Kier molecular flexibility index (Phi) is 7.89. The zero-order valence-electron chi connectivity index (χ0n) is 15.9. The normalized spacial score (nSPS) is 10.7. The average Bonchev–Trinajstić information content (AvgIpc) is 2.75. The zero-order chi connectivity index (χ0) is 22.2. The van der Waals surface area contributed by atoms with Gasteiger partial charge in [-0.1, -0.05) is 53.0 Å². The Balaban J connectivity index is 1.49. The van der Waals surface area contributed by atoms with E-state index >= 15 is 0 Å². The van der Waals surface area contributed by atoms with Crippen LogP contribution < -0.4 is 15.5 Å². The molecule has 0 aliphatic carbocycles. The Labute approximate surface area is 193 Å². The van der Waals surface area contributed by atoms with E-state index in [1.807, 2.05) is 0 Å². The molecule has 0 radical (unpaired) electrons. The fraction of sp³-hybridized carbons (Fsp3) is 0.0455. The number of anilines is 1. The molecule has 2 N–H and O–H groups in total. The number of hydrogen-bond donors (Lipinski definition) is 2. The number of carbonyl (C=O) groups is 2. The van der Waals surface area contributed by atoms with Gasteiger partial charge in [-0.3, -0.25) is 9.59 Å². The lowest BCUT2D eigenvalue weighted by atomic mass is 10.2. The van der Waals surface area contributed by atoms with Crippen molar-refractivity contribution in [1.82, 2.24) is 5.43 Å². The maximum absolute atomic E-state index is 11.9. The second-order valence-corrected chi connectivity index (χ2v) is 7.48. The highest BCUT2D eigenvalue weighted by molar-refractivity contribution is 6.41. The molecule has 0 aromatic heterocycles. The van der Waals surface area contributed by atoms with E-state index in [1.54, 1.807) is 66.7 Å². The Bertz CT molecular complexity index is 1120. The molecular weight excluding hydrogens is 461 g/mol. The van der Waals surface area contributed by atoms with Gasteiger partial charge in [0.25, 0.3) is 0 Å². The highest BCUT2D eigenvalue weighted by Crippen LogP contribution is 2.23. The monoisotopic (exact) mass is 475 g/mol. The van der Waals surface area contributed by atoms with E-state index in [1.165, 1.54) is 6.21 Å². The molecular formula is C22H16Cl3N3O3. The number of para-hydroxylation sites is 1. The van der Waals surface area contributed by atoms with Crippen LogP contribution in [0.2, 0.25) is 15.1 Å². The van der Waals surface area contributed by atoms with Gasteiger partial charge >= 0.3 is 11.8 Å². The lowest BCUT2D eigenvalue weighted by Crippen LogP contribution is -2.32. The van der Waals surface area contributed by atoms with E-state index in [2.05, 4.69) is 15.8 Å². The third-order valence-electron chi connectivity index (χ3n) is 4.00. The van der Waals surface area contributed by atoms with Gasteiger partial charge in [0.15, 0.2) is 0 Å². The van der Waals surface area contributed by atoms with Crippen LogP contribution in [0.4, 0.5) is 5.69 Å². The van der Waals surface area contributed by atoms with E-state index in [9.17, 15) is 9.59 Å². The molecule has 0 unspecified atom stereocenters. The molecule has 0 heterocycles. The van der Waals surface area contributed by atoms with E-state index in [4.69, 9.17) is 39.5 Å². The predicted molar refractivity (Wildman–Crippen MR) is 123 cm³/mol. The first kappa shape index (κ1) is 22.6. The van der Waals surface area contributed by atoms with Crippen LogP contribution in [0.3, 0.4) is 0 Å². The van der Waals surface area contributed by atoms with Gasteiger partial charge in [-0.25, -0.2) is 5.43 Å². The molecule has 9 heteroatoms. The van der Waals surface area contributed by atoms with Crippen LogP contribution in [0, 0.1) is 0 Å². The molecule has 0 atom stereocenters. The summed E-state index contributed by atoms with van der Waals surface area (Å²) < 4.78 is 5.70. The number of hydrogen-bond acceptors (Lipinski definition) is 4. The molecule has 6 nitrogen and oxygen atoms in total. The number of halogens is 3. The number of nitrogens with zero attached hydrogens (tertiary/aromatic N) is 1. The number of nitrogens with one attached hydrogen (secondary N) is 2. The summed E-state index contributed by atoms with van der Waals surface area (Å²) in [4.78, 5) is 23.7. The quantitative estimate of drug-likeness (QED) is 0.287. The zero-order valence-corrected chi connectivity index (χ0v) is 18.2. The van der Waals surface area contributed by atoms with Gasteiger partial charge in [-0.05, 0) is 54.1 Å². The molecule has 0 saturated heterocycles. The Morgan fingerprint density at radius 2 is 1.65 bits per heavy atom. The van der Waals surface area contributed by atoms with Crippen molar-refractivity contribution in [1.29, 1.82) is 0 Å². The predicted octanol–water partition coefficient (Wildman–Crippen LogP) is 5.31. The molecule has 0 saturated carbocycles. The molecule has 158 valence electrons. The summed E-state index contributed by atoms with van der Waals surface area (Å²) >= 11 is 18.0. The first-order valence-electron chi connectivity index (χ1n) is 8.98. The van der Waals surface area contributed by atoms with Gasteiger partial charge in [0.05, 0.1) is 16.9 Å². The van der Waals surface area contributed by atoms with Crippen molar-refractivity contribution in [2.75, 3.05) is 5.32 Å². The topological polar surface area (TPSA) is 79.8 Å². The third-order valence-corrected chi connectivity index (χ3v) is 4.91. The van der Waals surface area contributed by atoms with Gasteiger partial charge in [-0.2, -0.15) is 5.10 Å². The van der Waals surface area contributed by atoms with Crippen LogP contribution in [-0.2, 0) is 16.2 Å². The Hall–Kier alpha value is -3.06. The molecule has 0 aliphatic heterocycles. The summed E-state index contributed by atoms with van der Waals surface area (Å²) in [5, 5.41) is 7.61. The van der Waals surface area contributed by atoms with Crippen LogP contribution in [0.5, 0.6) is 5.75 Å². The largest absolute Gasteiger partial charge is 0.489 e. The number of hydrazone groups is 1. The first-order chi connectivity index (χ1) is 14.9. The highest BCUT2D eigenvalue weighted by atomic mass is 35.5. The lowest BCUT2D eigenvalue weighted by Gasteiger charge is -2.08. The first-order valence-corrected chi connectivity index (χ1v) is 10.1. The van der Waals surface area contributed by atoms with Gasteiger partial charge in [0, 0.05) is 15.6 Å². The third kappa shape index (κ3) is 6.72. The maximum atomic E-state index is 11.9. The number of rotatable bonds is 6. The van der Waals surface area contributed by atoms with Crippen LogP contribution in [0.1, 0.15) is 11.1 Å². The van der Waals surface area contributed by atoms with Gasteiger partial charge in [-0.15, -0.1) is 0 Å². The molecule has 3 aromatic carbocycles. The smallest absolute Gasteiger partial charge is 0.329 e. The lowest BCUT2D eigenvalue weighted by molar-refractivity contribution is -0.136. The fourth-order valence-corrected chi connectivity index (χ4v) is 3.05. The van der Waals surface area contributed by atoms with Gasteiger partial charge in [0.1, 0.15) is 12.4 Å². The summed E-state index contributed by atoms with van der Waals surface area (Å²) in [5.41, 5.74) is 4.01. The number of amides is 2. The molecule has 2 amide bonds. The van der Waals surface area contributed by atoms with E-state index < -0.39 is 11.8 Å². The summed E-state index contributed by atoms with van der Waals surface area (Å²) in [7, 11) is 0. The number of ether oxygens (including phenoxy) is 1. The van der Waals surface area contributed by atoms with Gasteiger partial charge < -0.3 is 10.1 Å². The fourth-order valence-electron chi connectivity index (χ4n) is 2.41. The summed E-state index contributed by atoms with van der Waals surface area (Å²) in [6, 6.07) is 18.8. The average molecular weight is 477 g/mol. The molecule has 0 fully saturated rings. The van der Waals surface area contributed by atoms with E-state index in [0.717, 1.165) is 5.56 Å². The van der Waals surface area contributed by atoms with E-state index in [-0.39, 0.29) is 0 Å².